The molecular formula is C9H20O3SSi. The minimum absolute atomic E-state index is 0.390. The molecule has 0 N–H and O–H groups in total. The van der Waals surface area contributed by atoms with Crippen molar-refractivity contribution in [1.29, 1.82) is 0 Å². The molecule has 84 valence electrons. The van der Waals surface area contributed by atoms with E-state index in [0.717, 1.165) is 12.7 Å². The predicted molar refractivity (Wildman–Crippen MR) is 60.7 cm³/mol. The molecule has 1 rings (SSSR count). The zero-order valence-electron chi connectivity index (χ0n) is 9.62. The van der Waals surface area contributed by atoms with Gasteiger partial charge in [-0.05, 0) is 18.9 Å². The van der Waals surface area contributed by atoms with Crippen LogP contribution < -0.4 is 0 Å². The Hall–Kier alpha value is 0.127. The zero-order valence-corrected chi connectivity index (χ0v) is 11.4. The smallest absolute Gasteiger partial charge is 0.264 e. The van der Waals surface area contributed by atoms with E-state index in [0.29, 0.717) is 5.54 Å². The summed E-state index contributed by atoms with van der Waals surface area (Å²) in [6.45, 7) is 8.71. The van der Waals surface area contributed by atoms with Gasteiger partial charge in [-0.15, -0.1) is 0 Å². The van der Waals surface area contributed by atoms with E-state index in [4.69, 9.17) is 4.18 Å². The fraction of sp³-hybridized carbons (Fsp3) is 1.00. The van der Waals surface area contributed by atoms with Crippen LogP contribution in [-0.4, -0.2) is 28.3 Å². The lowest BCUT2D eigenvalue weighted by atomic mass is 10.4. The number of rotatable bonds is 4. The van der Waals surface area contributed by atoms with Gasteiger partial charge in [0.05, 0.1) is 19.9 Å². The van der Waals surface area contributed by atoms with Crippen LogP contribution in [0.2, 0.25) is 24.7 Å². The van der Waals surface area contributed by atoms with Gasteiger partial charge < -0.3 is 0 Å². The summed E-state index contributed by atoms with van der Waals surface area (Å²) in [5, 5.41) is 0. The second-order valence-electron chi connectivity index (χ2n) is 5.20. The second kappa shape index (κ2) is 3.32. The molecule has 0 spiro atoms. The van der Waals surface area contributed by atoms with E-state index in [9.17, 15) is 8.42 Å². The molecule has 0 aliphatic heterocycles. The van der Waals surface area contributed by atoms with Gasteiger partial charge in [0.2, 0.25) is 0 Å². The van der Waals surface area contributed by atoms with Crippen LogP contribution in [0.4, 0.5) is 0 Å². The van der Waals surface area contributed by atoms with E-state index < -0.39 is 18.2 Å². The highest BCUT2D eigenvalue weighted by Gasteiger charge is 2.60. The molecule has 1 fully saturated rings. The maximum atomic E-state index is 11.0. The summed E-state index contributed by atoms with van der Waals surface area (Å²) in [5.74, 6) is 0. The van der Waals surface area contributed by atoms with Crippen molar-refractivity contribution < 1.29 is 12.6 Å². The van der Waals surface area contributed by atoms with Gasteiger partial charge in [-0.3, -0.25) is 4.18 Å². The molecule has 1 saturated carbocycles. The zero-order chi connectivity index (χ0) is 11.2. The van der Waals surface area contributed by atoms with E-state index in [1.165, 1.54) is 6.04 Å². The van der Waals surface area contributed by atoms with E-state index in [1.54, 1.807) is 0 Å². The lowest BCUT2D eigenvalue weighted by Crippen LogP contribution is -2.30. The first-order chi connectivity index (χ1) is 6.11. The first-order valence-electron chi connectivity index (χ1n) is 5.01. The van der Waals surface area contributed by atoms with Crippen molar-refractivity contribution in [3.8, 4) is 0 Å². The summed E-state index contributed by atoms with van der Waals surface area (Å²) in [5.41, 5.74) is 0.106. The lowest BCUT2D eigenvalue weighted by Gasteiger charge is -2.23. The Labute approximate surface area is 88.0 Å². The third-order valence-electron chi connectivity index (χ3n) is 3.38. The van der Waals surface area contributed by atoms with Crippen molar-refractivity contribution in [2.45, 2.75) is 50.5 Å². The molecule has 5 heteroatoms. The molecule has 3 nitrogen and oxygen atoms in total. The molecular weight excluding hydrogens is 216 g/mol. The molecule has 1 aliphatic rings. The van der Waals surface area contributed by atoms with Crippen LogP contribution in [0, 0.1) is 0 Å². The van der Waals surface area contributed by atoms with E-state index in [2.05, 4.69) is 20.0 Å². The summed E-state index contributed by atoms with van der Waals surface area (Å²) in [6.07, 6.45) is 2.04. The second-order valence-corrected chi connectivity index (χ2v) is 12.2. The third-order valence-corrected chi connectivity index (χ3v) is 8.59. The summed E-state index contributed by atoms with van der Waals surface area (Å²) in [7, 11) is -4.57. The van der Waals surface area contributed by atoms with Crippen LogP contribution in [-0.2, 0) is 14.3 Å². The molecule has 0 saturated heterocycles. The monoisotopic (exact) mass is 236 g/mol. The van der Waals surface area contributed by atoms with Crippen LogP contribution in [0.3, 0.4) is 0 Å². The molecule has 0 radical (unpaired) electrons. The molecule has 2 unspecified atom stereocenters. The van der Waals surface area contributed by atoms with Gasteiger partial charge in [-0.2, -0.15) is 8.42 Å². The first kappa shape index (κ1) is 12.2. The van der Waals surface area contributed by atoms with Crippen molar-refractivity contribution in [2.24, 2.45) is 0 Å². The van der Waals surface area contributed by atoms with Gasteiger partial charge in [0, 0.05) is 0 Å². The highest BCUT2D eigenvalue weighted by molar-refractivity contribution is 7.86. The summed E-state index contributed by atoms with van der Waals surface area (Å²) in [6, 6.07) is 1.18. The van der Waals surface area contributed by atoms with Crippen LogP contribution in [0.1, 0.15) is 20.3 Å². The van der Waals surface area contributed by atoms with Crippen LogP contribution >= 0.6 is 0 Å². The van der Waals surface area contributed by atoms with Crippen LogP contribution in [0.25, 0.3) is 0 Å². The Kier molecular flexibility index (Phi) is 2.89. The average Bonchev–Trinajstić information content (AvgIpc) is 2.58. The van der Waals surface area contributed by atoms with Crippen LogP contribution in [0.5, 0.6) is 0 Å². The average molecular weight is 236 g/mol. The molecule has 2 atom stereocenters. The van der Waals surface area contributed by atoms with Gasteiger partial charge in [0.15, 0.2) is 0 Å². The Morgan fingerprint density at radius 1 is 1.50 bits per heavy atom. The van der Waals surface area contributed by atoms with Crippen molar-refractivity contribution in [3.63, 3.8) is 0 Å². The predicted octanol–water partition coefficient (Wildman–Crippen LogP) is 2.22. The van der Waals surface area contributed by atoms with Crippen molar-refractivity contribution >= 4 is 18.2 Å². The topological polar surface area (TPSA) is 43.4 Å². The maximum absolute atomic E-state index is 11.0. The third kappa shape index (κ3) is 2.58. The van der Waals surface area contributed by atoms with Crippen LogP contribution in [0.15, 0.2) is 0 Å². The normalized spacial score (nSPS) is 33.1. The van der Waals surface area contributed by atoms with E-state index in [-0.39, 0.29) is 5.60 Å². The first-order valence-corrected chi connectivity index (χ1v) is 10.1. The summed E-state index contributed by atoms with van der Waals surface area (Å²) in [4.78, 5) is 0. The van der Waals surface area contributed by atoms with Gasteiger partial charge in [0.25, 0.3) is 10.1 Å². The Bertz CT molecular complexity index is 323. The number of hydrogen-bond donors (Lipinski definition) is 0. The van der Waals surface area contributed by atoms with Crippen molar-refractivity contribution in [1.82, 2.24) is 0 Å². The maximum Gasteiger partial charge on any atom is 0.264 e. The molecule has 0 bridgehead atoms. The quantitative estimate of drug-likeness (QED) is 0.555. The van der Waals surface area contributed by atoms with Gasteiger partial charge in [-0.1, -0.05) is 26.1 Å². The highest BCUT2D eigenvalue weighted by Crippen LogP contribution is 2.59. The van der Waals surface area contributed by atoms with E-state index in [1.807, 2.05) is 6.92 Å². The van der Waals surface area contributed by atoms with Gasteiger partial charge >= 0.3 is 0 Å². The fourth-order valence-corrected chi connectivity index (χ4v) is 6.26. The van der Waals surface area contributed by atoms with Crippen molar-refractivity contribution in [2.75, 3.05) is 6.26 Å². The molecule has 0 heterocycles. The minimum Gasteiger partial charge on any atom is -0.264 e. The van der Waals surface area contributed by atoms with Crippen molar-refractivity contribution in [3.05, 3.63) is 0 Å². The Balaban J connectivity index is 2.68. The lowest BCUT2D eigenvalue weighted by molar-refractivity contribution is 0.210. The molecule has 0 aromatic carbocycles. The molecule has 1 aliphatic carbocycles. The summed E-state index contributed by atoms with van der Waals surface area (Å²) >= 11 is 0. The fourth-order valence-electron chi connectivity index (χ4n) is 2.13. The highest BCUT2D eigenvalue weighted by atomic mass is 32.2. The molecule has 0 aromatic heterocycles. The summed E-state index contributed by atoms with van der Waals surface area (Å²) < 4.78 is 27.2. The SMILES string of the molecule is CC[Si](C)(C)C1CC1(C)OS(C)(=O)=O. The minimum atomic E-state index is -3.30. The molecule has 0 amide bonds. The number of hydrogen-bond acceptors (Lipinski definition) is 3. The van der Waals surface area contributed by atoms with Gasteiger partial charge in [0.1, 0.15) is 0 Å². The molecule has 14 heavy (non-hydrogen) atoms. The molecule has 0 aromatic rings. The Morgan fingerprint density at radius 2 is 2.00 bits per heavy atom. The standard InChI is InChI=1S/C9H20O3SSi/c1-6-14(4,5)8-7-9(8,2)12-13(3,10)11/h8H,6-7H2,1-5H3. The van der Waals surface area contributed by atoms with Gasteiger partial charge in [-0.25, -0.2) is 0 Å². The Morgan fingerprint density at radius 3 is 2.36 bits per heavy atom. The van der Waals surface area contributed by atoms with E-state index >= 15 is 0 Å². The largest absolute Gasteiger partial charge is 0.264 e.